The lowest BCUT2D eigenvalue weighted by Crippen LogP contribution is -2.36. The molecule has 1 rings (SSSR count). The van der Waals surface area contributed by atoms with Gasteiger partial charge in [0.2, 0.25) is 0 Å². The first kappa shape index (κ1) is 14.7. The number of benzene rings is 1. The van der Waals surface area contributed by atoms with Gasteiger partial charge in [-0.25, -0.2) is 0 Å². The van der Waals surface area contributed by atoms with Gasteiger partial charge in [-0.2, -0.15) is 0 Å². The molecule has 0 radical (unpaired) electrons. The van der Waals surface area contributed by atoms with E-state index in [1.807, 2.05) is 27.0 Å². The first-order chi connectivity index (χ1) is 8.36. The second kappa shape index (κ2) is 6.01. The lowest BCUT2D eigenvalue weighted by molar-refractivity contribution is -0.136. The van der Waals surface area contributed by atoms with E-state index < -0.39 is 5.60 Å². The summed E-state index contributed by atoms with van der Waals surface area (Å²) in [6.07, 6.45) is 0.491. The molecule has 0 N–H and O–H groups in total. The Bertz CT molecular complexity index is 413. The van der Waals surface area contributed by atoms with Crippen LogP contribution >= 0.6 is 0 Å². The second-order valence-corrected chi connectivity index (χ2v) is 5.15. The summed E-state index contributed by atoms with van der Waals surface area (Å²) in [6, 6.07) is 8.27. The summed E-state index contributed by atoms with van der Waals surface area (Å²) in [5.41, 5.74) is 1.67. The van der Waals surface area contributed by atoms with Crippen molar-refractivity contribution in [2.75, 3.05) is 25.6 Å². The van der Waals surface area contributed by atoms with Crippen LogP contribution in [-0.4, -0.2) is 32.1 Å². The molecule has 18 heavy (non-hydrogen) atoms. The fourth-order valence-electron chi connectivity index (χ4n) is 1.68. The molecule has 0 aliphatic rings. The molecule has 0 fully saturated rings. The summed E-state index contributed by atoms with van der Waals surface area (Å²) >= 11 is 0. The highest BCUT2D eigenvalue weighted by Crippen LogP contribution is 2.16. The molecule has 0 aromatic heterocycles. The van der Waals surface area contributed by atoms with Gasteiger partial charge in [0, 0.05) is 32.8 Å². The van der Waals surface area contributed by atoms with E-state index in [4.69, 9.17) is 4.74 Å². The molecule has 0 saturated heterocycles. The standard InChI is InChI=1S/C15H23NO2/c1-12-7-6-8-13(11-12)16(4)10-9-14(17)15(2,3)18-5/h6-8,11H,9-10H2,1-5H3. The maximum Gasteiger partial charge on any atom is 0.165 e. The minimum absolute atomic E-state index is 0.129. The quantitative estimate of drug-likeness (QED) is 0.776. The molecule has 100 valence electrons. The summed E-state index contributed by atoms with van der Waals surface area (Å²) in [6.45, 7) is 6.38. The van der Waals surface area contributed by atoms with Gasteiger partial charge in [0.25, 0.3) is 0 Å². The van der Waals surface area contributed by atoms with Crippen molar-refractivity contribution in [1.29, 1.82) is 0 Å². The molecule has 1 aromatic carbocycles. The van der Waals surface area contributed by atoms with Crippen LogP contribution in [0.25, 0.3) is 0 Å². The maximum atomic E-state index is 11.9. The van der Waals surface area contributed by atoms with Crippen molar-refractivity contribution in [2.24, 2.45) is 0 Å². The first-order valence-electron chi connectivity index (χ1n) is 6.23. The van der Waals surface area contributed by atoms with Crippen LogP contribution in [0.5, 0.6) is 0 Å². The number of hydrogen-bond acceptors (Lipinski definition) is 3. The Morgan fingerprint density at radius 3 is 2.61 bits per heavy atom. The number of anilines is 1. The van der Waals surface area contributed by atoms with E-state index in [0.717, 1.165) is 5.69 Å². The smallest absolute Gasteiger partial charge is 0.165 e. The Kier molecular flexibility index (Phi) is 4.91. The average molecular weight is 249 g/mol. The Balaban J connectivity index is 2.57. The monoisotopic (exact) mass is 249 g/mol. The van der Waals surface area contributed by atoms with Gasteiger partial charge in [-0.3, -0.25) is 4.79 Å². The van der Waals surface area contributed by atoms with Crippen LogP contribution < -0.4 is 4.90 Å². The zero-order chi connectivity index (χ0) is 13.8. The Hall–Kier alpha value is -1.35. The average Bonchev–Trinajstić information content (AvgIpc) is 2.35. The van der Waals surface area contributed by atoms with Crippen LogP contribution in [0.2, 0.25) is 0 Å². The van der Waals surface area contributed by atoms with Gasteiger partial charge in [-0.1, -0.05) is 12.1 Å². The number of rotatable bonds is 6. The first-order valence-corrected chi connectivity index (χ1v) is 6.23. The van der Waals surface area contributed by atoms with Crippen molar-refractivity contribution < 1.29 is 9.53 Å². The lowest BCUT2D eigenvalue weighted by Gasteiger charge is -2.24. The van der Waals surface area contributed by atoms with E-state index in [2.05, 4.69) is 30.0 Å². The van der Waals surface area contributed by atoms with E-state index >= 15 is 0 Å². The lowest BCUT2D eigenvalue weighted by atomic mass is 10.0. The molecule has 1 aromatic rings. The molecule has 0 saturated carbocycles. The number of hydrogen-bond donors (Lipinski definition) is 0. The van der Waals surface area contributed by atoms with E-state index in [1.165, 1.54) is 5.56 Å². The number of ketones is 1. The highest BCUT2D eigenvalue weighted by molar-refractivity contribution is 5.86. The van der Waals surface area contributed by atoms with Crippen molar-refractivity contribution in [3.63, 3.8) is 0 Å². The SMILES string of the molecule is COC(C)(C)C(=O)CCN(C)c1cccc(C)c1. The van der Waals surface area contributed by atoms with E-state index in [0.29, 0.717) is 13.0 Å². The molecule has 0 amide bonds. The molecular weight excluding hydrogens is 226 g/mol. The van der Waals surface area contributed by atoms with Gasteiger partial charge in [0.1, 0.15) is 5.60 Å². The highest BCUT2D eigenvalue weighted by Gasteiger charge is 2.26. The molecule has 3 heteroatoms. The van der Waals surface area contributed by atoms with Crippen molar-refractivity contribution >= 4 is 11.5 Å². The fourth-order valence-corrected chi connectivity index (χ4v) is 1.68. The van der Waals surface area contributed by atoms with E-state index in [-0.39, 0.29) is 5.78 Å². The minimum atomic E-state index is -0.687. The zero-order valence-corrected chi connectivity index (χ0v) is 12.0. The van der Waals surface area contributed by atoms with Crippen LogP contribution in [0.3, 0.4) is 0 Å². The van der Waals surface area contributed by atoms with Gasteiger partial charge in [-0.05, 0) is 38.5 Å². The maximum absolute atomic E-state index is 11.9. The van der Waals surface area contributed by atoms with Crippen LogP contribution in [-0.2, 0) is 9.53 Å². The molecule has 0 atom stereocenters. The third kappa shape index (κ3) is 3.84. The molecule has 0 heterocycles. The third-order valence-electron chi connectivity index (χ3n) is 3.30. The van der Waals surface area contributed by atoms with Gasteiger partial charge in [-0.15, -0.1) is 0 Å². The van der Waals surface area contributed by atoms with Gasteiger partial charge in [0.05, 0.1) is 0 Å². The summed E-state index contributed by atoms with van der Waals surface area (Å²) < 4.78 is 5.19. The molecule has 0 unspecified atom stereocenters. The predicted molar refractivity (Wildman–Crippen MR) is 75.2 cm³/mol. The summed E-state index contributed by atoms with van der Waals surface area (Å²) in [5, 5.41) is 0. The van der Waals surface area contributed by atoms with Crippen molar-refractivity contribution in [1.82, 2.24) is 0 Å². The van der Waals surface area contributed by atoms with E-state index in [9.17, 15) is 4.79 Å². The normalized spacial score (nSPS) is 11.4. The van der Waals surface area contributed by atoms with Crippen molar-refractivity contribution in [3.8, 4) is 0 Å². The summed E-state index contributed by atoms with van der Waals surface area (Å²) in [7, 11) is 3.57. The number of methoxy groups -OCH3 is 1. The Morgan fingerprint density at radius 1 is 1.39 bits per heavy atom. The fraction of sp³-hybridized carbons (Fsp3) is 0.533. The molecule has 0 aliphatic carbocycles. The number of nitrogens with zero attached hydrogens (tertiary/aromatic N) is 1. The van der Waals surface area contributed by atoms with E-state index in [1.54, 1.807) is 7.11 Å². The van der Waals surface area contributed by atoms with Crippen LogP contribution in [0.1, 0.15) is 25.8 Å². The third-order valence-corrected chi connectivity index (χ3v) is 3.30. The van der Waals surface area contributed by atoms with Crippen molar-refractivity contribution in [3.05, 3.63) is 29.8 Å². The van der Waals surface area contributed by atoms with Gasteiger partial charge in [0.15, 0.2) is 5.78 Å². The predicted octanol–water partition coefficient (Wildman–Crippen LogP) is 2.82. The molecule has 0 bridgehead atoms. The van der Waals surface area contributed by atoms with Crippen LogP contribution in [0.4, 0.5) is 5.69 Å². The Morgan fingerprint density at radius 2 is 2.06 bits per heavy atom. The topological polar surface area (TPSA) is 29.5 Å². The molecular formula is C15H23NO2. The van der Waals surface area contributed by atoms with Gasteiger partial charge < -0.3 is 9.64 Å². The zero-order valence-electron chi connectivity index (χ0n) is 12.0. The molecule has 0 spiro atoms. The number of carbonyl (C=O) groups is 1. The highest BCUT2D eigenvalue weighted by atomic mass is 16.5. The van der Waals surface area contributed by atoms with Crippen molar-refractivity contribution in [2.45, 2.75) is 32.8 Å². The second-order valence-electron chi connectivity index (χ2n) is 5.15. The number of ether oxygens (including phenoxy) is 1. The molecule has 3 nitrogen and oxygen atoms in total. The largest absolute Gasteiger partial charge is 0.374 e. The summed E-state index contributed by atoms with van der Waals surface area (Å²) in [5.74, 6) is 0.129. The minimum Gasteiger partial charge on any atom is -0.374 e. The number of Topliss-reactive ketones (excluding diaryl/α,β-unsaturated/α-hetero) is 1. The van der Waals surface area contributed by atoms with Crippen LogP contribution in [0, 0.1) is 6.92 Å². The number of carbonyl (C=O) groups excluding carboxylic acids is 1. The molecule has 0 aliphatic heterocycles. The van der Waals surface area contributed by atoms with Crippen LogP contribution in [0.15, 0.2) is 24.3 Å². The number of aryl methyl sites for hydroxylation is 1. The van der Waals surface area contributed by atoms with Gasteiger partial charge >= 0.3 is 0 Å². The summed E-state index contributed by atoms with van der Waals surface area (Å²) in [4.78, 5) is 14.0. The Labute approximate surface area is 110 Å².